The van der Waals surface area contributed by atoms with Gasteiger partial charge in [-0.25, -0.2) is 14.4 Å². The summed E-state index contributed by atoms with van der Waals surface area (Å²) in [7, 11) is 1.68. The standard InChI is InChI=1S/C24H24F4N4O3/c1-34-17-10-15(11-17)21-30-20-19(18(25)12-29-22(20)31-21)13-6-8-32(9-7-13)23(33)14-2-4-16(5-3-14)35-24(26,27)28/h2-5,12-13,15,17H,6-11H2,1H3,(H,29,30,31). The van der Waals surface area contributed by atoms with Crippen LogP contribution in [0.2, 0.25) is 0 Å². The normalized spacial score (nSPS) is 21.2. The Kier molecular flexibility index (Phi) is 6.12. The minimum atomic E-state index is -4.79. The number of likely N-dealkylation sites (tertiary alicyclic amines) is 1. The Bertz CT molecular complexity index is 1210. The van der Waals surface area contributed by atoms with E-state index in [9.17, 15) is 22.4 Å². The number of hydrogen-bond acceptors (Lipinski definition) is 5. The lowest BCUT2D eigenvalue weighted by Gasteiger charge is -2.33. The van der Waals surface area contributed by atoms with Crippen molar-refractivity contribution in [2.24, 2.45) is 0 Å². The number of benzene rings is 1. The number of methoxy groups -OCH3 is 1. The van der Waals surface area contributed by atoms with Crippen LogP contribution in [0.25, 0.3) is 11.2 Å². The molecule has 3 aromatic rings. The van der Waals surface area contributed by atoms with Gasteiger partial charge in [-0.3, -0.25) is 4.79 Å². The van der Waals surface area contributed by atoms with E-state index in [0.29, 0.717) is 42.7 Å². The second-order valence-electron chi connectivity index (χ2n) is 9.01. The number of alkyl halides is 3. The predicted octanol–water partition coefficient (Wildman–Crippen LogP) is 4.91. The van der Waals surface area contributed by atoms with Gasteiger partial charge in [0.15, 0.2) is 5.65 Å². The Hall–Kier alpha value is -3.21. The van der Waals surface area contributed by atoms with Crippen LogP contribution in [-0.4, -0.2) is 58.4 Å². The predicted molar refractivity (Wildman–Crippen MR) is 118 cm³/mol. The van der Waals surface area contributed by atoms with Gasteiger partial charge in [0.2, 0.25) is 0 Å². The van der Waals surface area contributed by atoms with Crippen LogP contribution >= 0.6 is 0 Å². The van der Waals surface area contributed by atoms with Gasteiger partial charge in [0.05, 0.1) is 17.8 Å². The lowest BCUT2D eigenvalue weighted by molar-refractivity contribution is -0.274. The number of H-pyrrole nitrogens is 1. The quantitative estimate of drug-likeness (QED) is 0.512. The molecule has 5 rings (SSSR count). The van der Waals surface area contributed by atoms with E-state index in [1.165, 1.54) is 18.3 Å². The molecule has 1 saturated heterocycles. The van der Waals surface area contributed by atoms with Crippen molar-refractivity contribution in [3.8, 4) is 5.75 Å². The summed E-state index contributed by atoms with van der Waals surface area (Å²) in [5, 5.41) is 0. The van der Waals surface area contributed by atoms with Crippen LogP contribution in [0.5, 0.6) is 5.75 Å². The van der Waals surface area contributed by atoms with E-state index in [2.05, 4.69) is 19.7 Å². The van der Waals surface area contributed by atoms with Crippen molar-refractivity contribution >= 4 is 17.1 Å². The largest absolute Gasteiger partial charge is 0.573 e. The molecule has 0 spiro atoms. The van der Waals surface area contributed by atoms with Gasteiger partial charge in [-0.05, 0) is 55.9 Å². The second-order valence-corrected chi connectivity index (χ2v) is 9.01. The number of imidazole rings is 1. The molecular weight excluding hydrogens is 468 g/mol. The molecule has 0 unspecified atom stereocenters. The zero-order chi connectivity index (χ0) is 24.7. The first-order valence-corrected chi connectivity index (χ1v) is 11.4. The molecule has 35 heavy (non-hydrogen) atoms. The second kappa shape index (κ2) is 9.10. The van der Waals surface area contributed by atoms with E-state index in [1.807, 2.05) is 0 Å². The minimum absolute atomic E-state index is 0.117. The van der Waals surface area contributed by atoms with E-state index >= 15 is 0 Å². The lowest BCUT2D eigenvalue weighted by atomic mass is 9.82. The van der Waals surface area contributed by atoms with E-state index in [1.54, 1.807) is 12.0 Å². The average Bonchev–Trinajstić information content (AvgIpc) is 3.21. The molecule has 1 aromatic carbocycles. The zero-order valence-corrected chi connectivity index (χ0v) is 18.9. The van der Waals surface area contributed by atoms with Crippen LogP contribution < -0.4 is 4.74 Å². The van der Waals surface area contributed by atoms with Gasteiger partial charge in [-0.2, -0.15) is 0 Å². The first kappa shape index (κ1) is 23.5. The van der Waals surface area contributed by atoms with Gasteiger partial charge in [-0.15, -0.1) is 13.2 Å². The minimum Gasteiger partial charge on any atom is -0.406 e. The van der Waals surface area contributed by atoms with Crippen LogP contribution in [0.4, 0.5) is 17.6 Å². The molecule has 0 radical (unpaired) electrons. The summed E-state index contributed by atoms with van der Waals surface area (Å²) in [4.78, 5) is 26.5. The van der Waals surface area contributed by atoms with Crippen LogP contribution in [0, 0.1) is 5.82 Å². The smallest absolute Gasteiger partial charge is 0.406 e. The number of aromatic amines is 1. The molecule has 2 fully saturated rings. The summed E-state index contributed by atoms with van der Waals surface area (Å²) >= 11 is 0. The molecule has 1 amide bonds. The third-order valence-corrected chi connectivity index (χ3v) is 6.87. The number of ether oxygens (including phenoxy) is 2. The number of nitrogens with zero attached hydrogens (tertiary/aromatic N) is 3. The van der Waals surface area contributed by atoms with Crippen molar-refractivity contribution in [2.45, 2.75) is 50.0 Å². The van der Waals surface area contributed by atoms with Crippen LogP contribution in [0.3, 0.4) is 0 Å². The molecule has 0 bridgehead atoms. The maximum atomic E-state index is 14.9. The Morgan fingerprint density at radius 1 is 1.11 bits per heavy atom. The Morgan fingerprint density at radius 2 is 1.80 bits per heavy atom. The summed E-state index contributed by atoms with van der Waals surface area (Å²) in [6.45, 7) is 0.791. The Morgan fingerprint density at radius 3 is 2.43 bits per heavy atom. The number of hydrogen-bond donors (Lipinski definition) is 1. The Labute approximate surface area is 198 Å². The summed E-state index contributed by atoms with van der Waals surface area (Å²) in [6.07, 6.45) is -0.575. The maximum absolute atomic E-state index is 14.9. The van der Waals surface area contributed by atoms with Crippen LogP contribution in [0.15, 0.2) is 30.5 Å². The monoisotopic (exact) mass is 492 g/mol. The summed E-state index contributed by atoms with van der Waals surface area (Å²) in [5.74, 6) is -0.169. The topological polar surface area (TPSA) is 80.3 Å². The first-order valence-electron chi connectivity index (χ1n) is 11.4. The number of pyridine rings is 1. The van der Waals surface area contributed by atoms with Crippen molar-refractivity contribution in [1.29, 1.82) is 0 Å². The maximum Gasteiger partial charge on any atom is 0.573 e. The van der Waals surface area contributed by atoms with Gasteiger partial charge in [0.25, 0.3) is 5.91 Å². The van der Waals surface area contributed by atoms with Crippen molar-refractivity contribution in [3.05, 3.63) is 53.2 Å². The number of halogens is 4. The molecule has 3 heterocycles. The van der Waals surface area contributed by atoms with E-state index in [4.69, 9.17) is 4.74 Å². The number of amides is 1. The summed E-state index contributed by atoms with van der Waals surface area (Å²) < 4.78 is 61.1. The number of carbonyl (C=O) groups excluding carboxylic acids is 1. The fraction of sp³-hybridized carbons (Fsp3) is 0.458. The molecule has 2 aliphatic rings. The summed E-state index contributed by atoms with van der Waals surface area (Å²) in [5.41, 5.74) is 1.89. The highest BCUT2D eigenvalue weighted by Gasteiger charge is 2.34. The van der Waals surface area contributed by atoms with Crippen LogP contribution in [0.1, 0.15) is 59.3 Å². The lowest BCUT2D eigenvalue weighted by Crippen LogP contribution is -2.38. The molecule has 1 N–H and O–H groups in total. The molecule has 1 aliphatic heterocycles. The molecule has 0 atom stereocenters. The third kappa shape index (κ3) is 4.82. The van der Waals surface area contributed by atoms with Crippen molar-refractivity contribution < 1.29 is 31.8 Å². The fourth-order valence-corrected chi connectivity index (χ4v) is 4.90. The molecular formula is C24H24F4N4O3. The molecule has 1 aliphatic carbocycles. The zero-order valence-electron chi connectivity index (χ0n) is 18.9. The van der Waals surface area contributed by atoms with Gasteiger partial charge in [0, 0.05) is 37.2 Å². The van der Waals surface area contributed by atoms with Crippen molar-refractivity contribution in [2.75, 3.05) is 20.2 Å². The number of carbonyl (C=O) groups is 1. The number of fused-ring (bicyclic) bond motifs is 1. The highest BCUT2D eigenvalue weighted by atomic mass is 19.4. The van der Waals surface area contributed by atoms with E-state index < -0.39 is 12.2 Å². The van der Waals surface area contributed by atoms with Crippen molar-refractivity contribution in [1.82, 2.24) is 19.9 Å². The molecule has 1 saturated carbocycles. The number of aromatic nitrogens is 3. The van der Waals surface area contributed by atoms with Gasteiger partial charge in [0.1, 0.15) is 17.4 Å². The van der Waals surface area contributed by atoms with Crippen LogP contribution in [-0.2, 0) is 4.74 Å². The SMILES string of the molecule is COC1CC(c2nc3ncc(F)c(C4CCN(C(=O)c5ccc(OC(F)(F)F)cc5)CC4)c3[nH]2)C1. The summed E-state index contributed by atoms with van der Waals surface area (Å²) in [6, 6.07) is 4.84. The van der Waals surface area contributed by atoms with Gasteiger partial charge < -0.3 is 19.4 Å². The number of piperidine rings is 1. The first-order chi connectivity index (χ1) is 16.7. The third-order valence-electron chi connectivity index (χ3n) is 6.87. The highest BCUT2D eigenvalue weighted by molar-refractivity contribution is 5.94. The highest BCUT2D eigenvalue weighted by Crippen LogP contribution is 2.39. The molecule has 2 aromatic heterocycles. The Balaban J connectivity index is 1.27. The number of rotatable bonds is 5. The fourth-order valence-electron chi connectivity index (χ4n) is 4.90. The molecule has 11 heteroatoms. The van der Waals surface area contributed by atoms with Gasteiger partial charge >= 0.3 is 6.36 Å². The number of nitrogens with one attached hydrogen (secondary N) is 1. The van der Waals surface area contributed by atoms with E-state index in [0.717, 1.165) is 30.8 Å². The van der Waals surface area contributed by atoms with Gasteiger partial charge in [-0.1, -0.05) is 0 Å². The molecule has 7 nitrogen and oxygen atoms in total. The average molecular weight is 492 g/mol. The van der Waals surface area contributed by atoms with E-state index in [-0.39, 0.29) is 35.2 Å². The van der Waals surface area contributed by atoms with Crippen molar-refractivity contribution in [3.63, 3.8) is 0 Å². The molecule has 186 valence electrons.